The fraction of sp³-hybridized carbons (Fsp3) is 0.333. The van der Waals surface area contributed by atoms with E-state index in [0.29, 0.717) is 26.2 Å². The normalized spacial score (nSPS) is 16.2. The lowest BCUT2D eigenvalue weighted by Gasteiger charge is -2.28. The Labute approximate surface area is 203 Å². The topological polar surface area (TPSA) is 83.1 Å². The third kappa shape index (κ3) is 4.66. The first kappa shape index (κ1) is 23.5. The molecule has 8 nitrogen and oxygen atoms in total. The van der Waals surface area contributed by atoms with E-state index in [9.17, 15) is 23.2 Å². The molecular formula is C24H22F2N4O4S. The number of carbonyl (C=O) groups excluding carboxylic acids is 3. The largest absolute Gasteiger partial charge is 0.379 e. The van der Waals surface area contributed by atoms with Crippen LogP contribution in [0.5, 0.6) is 0 Å². The van der Waals surface area contributed by atoms with E-state index < -0.39 is 35.9 Å². The van der Waals surface area contributed by atoms with Crippen LogP contribution in [0.2, 0.25) is 0 Å². The average Bonchev–Trinajstić information content (AvgIpc) is 3.38. The van der Waals surface area contributed by atoms with Crippen molar-refractivity contribution < 1.29 is 27.9 Å². The number of anilines is 1. The van der Waals surface area contributed by atoms with Crippen LogP contribution in [-0.2, 0) is 9.53 Å². The van der Waals surface area contributed by atoms with Crippen LogP contribution in [0, 0.1) is 11.6 Å². The molecule has 1 aromatic heterocycles. The van der Waals surface area contributed by atoms with Gasteiger partial charge in [-0.2, -0.15) is 0 Å². The molecule has 0 spiro atoms. The van der Waals surface area contributed by atoms with E-state index in [1.54, 1.807) is 24.3 Å². The second-order valence-corrected chi connectivity index (χ2v) is 9.33. The molecule has 3 amide bonds. The SMILES string of the molecule is O=C1c2ccccc2C(=O)N1CC(=O)N(CCCN1CCOCC1)c1nc2c(F)cc(F)cc2s1. The van der Waals surface area contributed by atoms with Crippen LogP contribution in [-0.4, -0.2) is 78.4 Å². The van der Waals surface area contributed by atoms with Crippen molar-refractivity contribution >= 4 is 44.4 Å². The van der Waals surface area contributed by atoms with E-state index in [2.05, 4.69) is 9.88 Å². The molecule has 5 rings (SSSR count). The van der Waals surface area contributed by atoms with Crippen molar-refractivity contribution in [2.75, 3.05) is 50.8 Å². The molecule has 0 bridgehead atoms. The first-order valence-corrected chi connectivity index (χ1v) is 12.1. The van der Waals surface area contributed by atoms with Gasteiger partial charge in [-0.3, -0.25) is 29.1 Å². The van der Waals surface area contributed by atoms with Crippen LogP contribution in [0.3, 0.4) is 0 Å². The summed E-state index contributed by atoms with van der Waals surface area (Å²) in [5, 5.41) is 0.188. The maximum Gasteiger partial charge on any atom is 0.262 e. The minimum Gasteiger partial charge on any atom is -0.379 e. The van der Waals surface area contributed by atoms with Crippen molar-refractivity contribution in [3.63, 3.8) is 0 Å². The van der Waals surface area contributed by atoms with Crippen molar-refractivity contribution in [1.82, 2.24) is 14.8 Å². The lowest BCUT2D eigenvalue weighted by atomic mass is 10.1. The third-order valence-electron chi connectivity index (χ3n) is 6.07. The number of ether oxygens (including phenoxy) is 1. The predicted octanol–water partition coefficient (Wildman–Crippen LogP) is 2.93. The Kier molecular flexibility index (Phi) is 6.54. The molecule has 2 aliphatic rings. The molecule has 1 saturated heterocycles. The molecule has 182 valence electrons. The van der Waals surface area contributed by atoms with Gasteiger partial charge in [0.25, 0.3) is 11.8 Å². The molecule has 0 atom stereocenters. The maximum absolute atomic E-state index is 14.3. The van der Waals surface area contributed by atoms with Crippen molar-refractivity contribution in [2.45, 2.75) is 6.42 Å². The third-order valence-corrected chi connectivity index (χ3v) is 7.09. The van der Waals surface area contributed by atoms with Gasteiger partial charge in [-0.15, -0.1) is 0 Å². The van der Waals surface area contributed by atoms with E-state index in [0.717, 1.165) is 35.4 Å². The number of fused-ring (bicyclic) bond motifs is 2. The zero-order chi connectivity index (χ0) is 24.5. The number of aromatic nitrogens is 1. The van der Waals surface area contributed by atoms with E-state index in [1.165, 1.54) is 11.0 Å². The van der Waals surface area contributed by atoms with Crippen LogP contribution in [0.1, 0.15) is 27.1 Å². The monoisotopic (exact) mass is 500 g/mol. The number of hydrogen-bond donors (Lipinski definition) is 0. The molecule has 3 aromatic rings. The van der Waals surface area contributed by atoms with Gasteiger partial charge in [0.2, 0.25) is 5.91 Å². The Morgan fingerprint density at radius 1 is 1.09 bits per heavy atom. The molecular weight excluding hydrogens is 478 g/mol. The number of halogens is 2. The number of carbonyl (C=O) groups is 3. The fourth-order valence-electron chi connectivity index (χ4n) is 4.27. The number of nitrogens with zero attached hydrogens (tertiary/aromatic N) is 4. The summed E-state index contributed by atoms with van der Waals surface area (Å²) in [6, 6.07) is 8.31. The average molecular weight is 501 g/mol. The zero-order valence-corrected chi connectivity index (χ0v) is 19.5. The number of imide groups is 1. The van der Waals surface area contributed by atoms with E-state index in [1.807, 2.05) is 0 Å². The molecule has 0 N–H and O–H groups in total. The van der Waals surface area contributed by atoms with E-state index in [-0.39, 0.29) is 33.0 Å². The summed E-state index contributed by atoms with van der Waals surface area (Å²) < 4.78 is 33.6. The summed E-state index contributed by atoms with van der Waals surface area (Å²) in [4.78, 5) is 47.6. The zero-order valence-electron chi connectivity index (χ0n) is 18.7. The molecule has 2 aliphatic heterocycles. The van der Waals surface area contributed by atoms with Crippen LogP contribution in [0.15, 0.2) is 36.4 Å². The lowest BCUT2D eigenvalue weighted by molar-refractivity contribution is -0.119. The van der Waals surface area contributed by atoms with Gasteiger partial charge in [0, 0.05) is 32.2 Å². The standard InChI is InChI=1S/C24H22F2N4O4S/c25-15-12-18(26)21-19(13-15)35-24(27-21)29(7-3-6-28-8-10-34-11-9-28)20(31)14-30-22(32)16-4-1-2-5-17(16)23(30)33/h1-2,4-5,12-13H,3,6-11,14H2. The van der Waals surface area contributed by atoms with Crippen molar-refractivity contribution in [2.24, 2.45) is 0 Å². The van der Waals surface area contributed by atoms with Gasteiger partial charge in [-0.25, -0.2) is 13.8 Å². The lowest BCUT2D eigenvalue weighted by Crippen LogP contribution is -2.44. The van der Waals surface area contributed by atoms with Gasteiger partial charge in [-0.1, -0.05) is 23.5 Å². The predicted molar refractivity (Wildman–Crippen MR) is 126 cm³/mol. The first-order chi connectivity index (χ1) is 16.9. The number of amides is 3. The van der Waals surface area contributed by atoms with Crippen molar-refractivity contribution in [3.8, 4) is 0 Å². The van der Waals surface area contributed by atoms with Crippen molar-refractivity contribution in [1.29, 1.82) is 0 Å². The molecule has 2 aromatic carbocycles. The van der Waals surface area contributed by atoms with Crippen LogP contribution in [0.25, 0.3) is 10.2 Å². The van der Waals surface area contributed by atoms with Gasteiger partial charge >= 0.3 is 0 Å². The van der Waals surface area contributed by atoms with Crippen LogP contribution >= 0.6 is 11.3 Å². The number of benzene rings is 2. The Hall–Kier alpha value is -3.28. The molecule has 0 saturated carbocycles. The minimum absolute atomic E-state index is 0.0295. The quantitative estimate of drug-likeness (QED) is 0.464. The Morgan fingerprint density at radius 2 is 1.77 bits per heavy atom. The second-order valence-electron chi connectivity index (χ2n) is 8.33. The molecule has 3 heterocycles. The Morgan fingerprint density at radius 3 is 2.46 bits per heavy atom. The maximum atomic E-state index is 14.3. The number of rotatable bonds is 7. The molecule has 0 aliphatic carbocycles. The molecule has 35 heavy (non-hydrogen) atoms. The Balaban J connectivity index is 1.38. The summed E-state index contributed by atoms with van der Waals surface area (Å²) in [6.45, 7) is 3.33. The summed E-state index contributed by atoms with van der Waals surface area (Å²) in [5.41, 5.74) is 0.474. The highest BCUT2D eigenvalue weighted by molar-refractivity contribution is 7.22. The number of morpholine rings is 1. The summed E-state index contributed by atoms with van der Waals surface area (Å²) in [7, 11) is 0. The number of hydrogen-bond acceptors (Lipinski definition) is 7. The second kappa shape index (κ2) is 9.76. The van der Waals surface area contributed by atoms with Gasteiger partial charge in [0.15, 0.2) is 10.9 Å². The first-order valence-electron chi connectivity index (χ1n) is 11.2. The molecule has 0 unspecified atom stereocenters. The fourth-order valence-corrected chi connectivity index (χ4v) is 5.32. The van der Waals surface area contributed by atoms with Gasteiger partial charge in [0.05, 0.1) is 29.0 Å². The molecule has 1 fully saturated rings. The molecule has 11 heteroatoms. The van der Waals surface area contributed by atoms with Crippen LogP contribution < -0.4 is 4.90 Å². The van der Waals surface area contributed by atoms with Crippen LogP contribution in [0.4, 0.5) is 13.9 Å². The summed E-state index contributed by atoms with van der Waals surface area (Å²) in [5.74, 6) is -3.15. The Bertz CT molecular complexity index is 1270. The van der Waals surface area contributed by atoms with Gasteiger partial charge in [0.1, 0.15) is 17.9 Å². The van der Waals surface area contributed by atoms with Gasteiger partial charge < -0.3 is 4.74 Å². The van der Waals surface area contributed by atoms with Gasteiger partial charge in [-0.05, 0) is 24.6 Å². The highest BCUT2D eigenvalue weighted by Crippen LogP contribution is 2.32. The highest BCUT2D eigenvalue weighted by Gasteiger charge is 2.37. The molecule has 0 radical (unpaired) electrons. The van der Waals surface area contributed by atoms with Crippen molar-refractivity contribution in [3.05, 3.63) is 59.2 Å². The van der Waals surface area contributed by atoms with E-state index >= 15 is 0 Å². The van der Waals surface area contributed by atoms with E-state index in [4.69, 9.17) is 4.74 Å². The highest BCUT2D eigenvalue weighted by atomic mass is 32.1. The smallest absolute Gasteiger partial charge is 0.262 e. The number of thiazole rings is 1. The minimum atomic E-state index is -0.816. The summed E-state index contributed by atoms with van der Waals surface area (Å²) in [6.07, 6.45) is 0.584. The summed E-state index contributed by atoms with van der Waals surface area (Å²) >= 11 is 0.987.